The summed E-state index contributed by atoms with van der Waals surface area (Å²) in [6.07, 6.45) is 2.97. The molecule has 2 aromatic heterocycles. The van der Waals surface area contributed by atoms with Gasteiger partial charge in [-0.3, -0.25) is 29.5 Å². The molecule has 0 spiro atoms. The fourth-order valence-electron chi connectivity index (χ4n) is 3.31. The van der Waals surface area contributed by atoms with Crippen LogP contribution in [0.5, 0.6) is 0 Å². The summed E-state index contributed by atoms with van der Waals surface area (Å²) in [5.74, 6) is -1.19. The first-order chi connectivity index (χ1) is 16.8. The van der Waals surface area contributed by atoms with Crippen molar-refractivity contribution in [2.75, 3.05) is 10.6 Å². The molecule has 35 heavy (non-hydrogen) atoms. The van der Waals surface area contributed by atoms with Crippen LogP contribution in [0.25, 0.3) is 5.69 Å². The summed E-state index contributed by atoms with van der Waals surface area (Å²) in [4.78, 5) is 52.5. The van der Waals surface area contributed by atoms with Gasteiger partial charge in [0.2, 0.25) is 5.43 Å². The van der Waals surface area contributed by atoms with Crippen molar-refractivity contribution >= 4 is 28.9 Å². The highest BCUT2D eigenvalue weighted by molar-refractivity contribution is 6.05. The first-order valence-corrected chi connectivity index (χ1v) is 10.3. The van der Waals surface area contributed by atoms with Crippen LogP contribution in [-0.4, -0.2) is 31.5 Å². The number of aromatic nitrogens is 3. The fraction of sp³-hybridized carbons (Fsp3) is 0.0417. The van der Waals surface area contributed by atoms with Gasteiger partial charge in [-0.25, -0.2) is 4.68 Å². The predicted molar refractivity (Wildman–Crippen MR) is 128 cm³/mol. The van der Waals surface area contributed by atoms with Crippen LogP contribution < -0.4 is 16.1 Å². The molecule has 0 bridgehead atoms. The first-order valence-electron chi connectivity index (χ1n) is 10.3. The molecule has 0 radical (unpaired) electrons. The number of benzene rings is 2. The van der Waals surface area contributed by atoms with Crippen LogP contribution in [0.15, 0.2) is 83.9 Å². The molecular weight excluding hydrogens is 452 g/mol. The van der Waals surface area contributed by atoms with Crippen molar-refractivity contribution in [1.82, 2.24) is 14.8 Å². The lowest BCUT2D eigenvalue weighted by molar-refractivity contribution is -0.384. The van der Waals surface area contributed by atoms with Crippen molar-refractivity contribution in [3.8, 4) is 5.69 Å². The Morgan fingerprint density at radius 1 is 0.943 bits per heavy atom. The molecule has 11 nitrogen and oxygen atoms in total. The molecule has 2 heterocycles. The maximum atomic E-state index is 12.9. The van der Waals surface area contributed by atoms with Crippen molar-refractivity contribution in [3.63, 3.8) is 0 Å². The number of nitro benzene ring substituents is 1. The second-order valence-electron chi connectivity index (χ2n) is 7.39. The van der Waals surface area contributed by atoms with E-state index < -0.39 is 22.0 Å². The van der Waals surface area contributed by atoms with Crippen LogP contribution in [0.2, 0.25) is 0 Å². The summed E-state index contributed by atoms with van der Waals surface area (Å²) < 4.78 is 1.18. The third-order valence-corrected chi connectivity index (χ3v) is 4.93. The van der Waals surface area contributed by atoms with E-state index in [1.165, 1.54) is 41.2 Å². The number of hydrogen-bond donors (Lipinski definition) is 2. The molecule has 2 amide bonds. The average Bonchev–Trinajstić information content (AvgIpc) is 2.85. The number of carbonyl (C=O) groups excluding carboxylic acids is 2. The fourth-order valence-corrected chi connectivity index (χ4v) is 3.31. The molecule has 2 aromatic carbocycles. The molecule has 0 fully saturated rings. The zero-order valence-electron chi connectivity index (χ0n) is 18.3. The Bertz CT molecular complexity index is 1500. The van der Waals surface area contributed by atoms with E-state index in [4.69, 9.17) is 0 Å². The van der Waals surface area contributed by atoms with Crippen molar-refractivity contribution in [3.05, 3.63) is 116 Å². The number of nitrogens with one attached hydrogen (secondary N) is 2. The summed E-state index contributed by atoms with van der Waals surface area (Å²) in [6, 6.07) is 16.6. The predicted octanol–water partition coefficient (Wildman–Crippen LogP) is 3.35. The maximum absolute atomic E-state index is 12.9. The van der Waals surface area contributed by atoms with Gasteiger partial charge in [0.25, 0.3) is 17.5 Å². The zero-order chi connectivity index (χ0) is 24.9. The van der Waals surface area contributed by atoms with Gasteiger partial charge in [-0.05, 0) is 43.3 Å². The van der Waals surface area contributed by atoms with Gasteiger partial charge in [-0.2, -0.15) is 5.10 Å². The van der Waals surface area contributed by atoms with E-state index in [-0.39, 0.29) is 17.3 Å². The molecule has 0 aliphatic heterocycles. The smallest absolute Gasteiger partial charge is 0.294 e. The normalized spacial score (nSPS) is 10.4. The van der Waals surface area contributed by atoms with Crippen molar-refractivity contribution in [2.45, 2.75) is 6.92 Å². The molecule has 0 aliphatic carbocycles. The molecule has 0 saturated carbocycles. The van der Waals surface area contributed by atoms with Crippen LogP contribution in [0, 0.1) is 17.0 Å². The van der Waals surface area contributed by atoms with Crippen molar-refractivity contribution < 1.29 is 14.5 Å². The molecule has 0 aliphatic rings. The van der Waals surface area contributed by atoms with E-state index in [0.717, 1.165) is 0 Å². The lowest BCUT2D eigenvalue weighted by atomic mass is 10.2. The highest BCUT2D eigenvalue weighted by Gasteiger charge is 2.20. The number of amides is 2. The number of carbonyl (C=O) groups is 2. The lowest BCUT2D eigenvalue weighted by Gasteiger charge is -2.12. The third-order valence-electron chi connectivity index (χ3n) is 4.93. The molecule has 2 N–H and O–H groups in total. The van der Waals surface area contributed by atoms with Crippen LogP contribution in [0.3, 0.4) is 0 Å². The summed E-state index contributed by atoms with van der Waals surface area (Å²) in [7, 11) is 0. The molecule has 0 unspecified atom stereocenters. The van der Waals surface area contributed by atoms with Gasteiger partial charge in [0, 0.05) is 41.6 Å². The van der Waals surface area contributed by atoms with Gasteiger partial charge in [0.1, 0.15) is 5.69 Å². The third kappa shape index (κ3) is 5.09. The van der Waals surface area contributed by atoms with E-state index in [2.05, 4.69) is 20.7 Å². The van der Waals surface area contributed by atoms with E-state index in [1.54, 1.807) is 49.5 Å². The molecular formula is C24H18N6O5. The second kappa shape index (κ2) is 9.75. The summed E-state index contributed by atoms with van der Waals surface area (Å²) in [5, 5.41) is 20.8. The SMILES string of the molecule is Cc1cc(=O)c(C(=O)Nc2cccc(NC(=O)c3cccnc3)c2)nn1-c1ccccc1[N+](=O)[O-]. The zero-order valence-corrected chi connectivity index (χ0v) is 18.3. The Kier molecular flexibility index (Phi) is 6.40. The minimum absolute atomic E-state index is 0.115. The van der Waals surface area contributed by atoms with E-state index >= 15 is 0 Å². The van der Waals surface area contributed by atoms with Crippen molar-refractivity contribution in [1.29, 1.82) is 0 Å². The van der Waals surface area contributed by atoms with Crippen LogP contribution in [0.1, 0.15) is 26.5 Å². The van der Waals surface area contributed by atoms with Gasteiger partial charge >= 0.3 is 0 Å². The number of aryl methyl sites for hydroxylation is 1. The number of nitro groups is 1. The number of nitrogens with zero attached hydrogens (tertiary/aromatic N) is 4. The second-order valence-corrected chi connectivity index (χ2v) is 7.39. The largest absolute Gasteiger partial charge is 0.322 e. The van der Waals surface area contributed by atoms with Crippen molar-refractivity contribution in [2.24, 2.45) is 0 Å². The Morgan fingerprint density at radius 2 is 1.66 bits per heavy atom. The van der Waals surface area contributed by atoms with Gasteiger partial charge in [-0.1, -0.05) is 18.2 Å². The quantitative estimate of drug-likeness (QED) is 0.324. The number of anilines is 2. The standard InChI is InChI=1S/C24H18N6O5/c1-15-12-21(31)22(28-29(15)19-9-2-3-10-20(19)30(34)35)24(33)27-18-8-4-7-17(13-18)26-23(32)16-6-5-11-25-14-16/h2-14H,1H3,(H,26,32)(H,27,33). The number of pyridine rings is 1. The van der Waals surface area contributed by atoms with Crippen LogP contribution in [0.4, 0.5) is 17.1 Å². The van der Waals surface area contributed by atoms with Crippen LogP contribution in [-0.2, 0) is 0 Å². The van der Waals surface area contributed by atoms with Gasteiger partial charge in [-0.15, -0.1) is 0 Å². The molecule has 0 atom stereocenters. The Morgan fingerprint density at radius 3 is 2.34 bits per heavy atom. The Hall–Kier alpha value is -5.19. The molecule has 11 heteroatoms. The molecule has 174 valence electrons. The Labute approximate surface area is 198 Å². The van der Waals surface area contributed by atoms with E-state index in [1.807, 2.05) is 0 Å². The number of hydrogen-bond acceptors (Lipinski definition) is 7. The highest BCUT2D eigenvalue weighted by atomic mass is 16.6. The number of rotatable bonds is 6. The minimum Gasteiger partial charge on any atom is -0.322 e. The molecule has 4 rings (SSSR count). The van der Waals surface area contributed by atoms with Gasteiger partial charge in [0.05, 0.1) is 10.5 Å². The van der Waals surface area contributed by atoms with E-state index in [9.17, 15) is 24.5 Å². The summed E-state index contributed by atoms with van der Waals surface area (Å²) in [5.41, 5.74) is 0.194. The highest BCUT2D eigenvalue weighted by Crippen LogP contribution is 2.22. The van der Waals surface area contributed by atoms with Crippen LogP contribution >= 0.6 is 0 Å². The van der Waals surface area contributed by atoms with E-state index in [0.29, 0.717) is 22.6 Å². The maximum Gasteiger partial charge on any atom is 0.294 e. The Balaban J connectivity index is 1.60. The summed E-state index contributed by atoms with van der Waals surface area (Å²) in [6.45, 7) is 1.56. The number of para-hydroxylation sites is 2. The van der Waals surface area contributed by atoms with Gasteiger partial charge < -0.3 is 10.6 Å². The topological polar surface area (TPSA) is 149 Å². The average molecular weight is 470 g/mol. The van der Waals surface area contributed by atoms with Gasteiger partial charge in [0.15, 0.2) is 5.69 Å². The lowest BCUT2D eigenvalue weighted by Crippen LogP contribution is -2.27. The monoisotopic (exact) mass is 470 g/mol. The minimum atomic E-state index is -0.807. The molecule has 4 aromatic rings. The first kappa shape index (κ1) is 23.0. The molecule has 0 saturated heterocycles. The summed E-state index contributed by atoms with van der Waals surface area (Å²) >= 11 is 0.